The van der Waals surface area contributed by atoms with Crippen LogP contribution in [0.5, 0.6) is 0 Å². The third-order valence-corrected chi connectivity index (χ3v) is 4.86. The summed E-state index contributed by atoms with van der Waals surface area (Å²) in [5, 5.41) is 10.0. The normalized spacial score (nSPS) is 17.1. The number of hydrogen-bond acceptors (Lipinski definition) is 5. The molecule has 3 heterocycles. The van der Waals surface area contributed by atoms with E-state index in [1.807, 2.05) is 6.07 Å². The fraction of sp³-hybridized carbons (Fsp3) is 0.333. The number of imidazole rings is 1. The molecule has 1 fully saturated rings. The van der Waals surface area contributed by atoms with E-state index in [0.717, 1.165) is 11.0 Å². The summed E-state index contributed by atoms with van der Waals surface area (Å²) in [6.45, 7) is 2.91. The van der Waals surface area contributed by atoms with Crippen molar-refractivity contribution in [1.82, 2.24) is 30.4 Å². The largest absolute Gasteiger partial charge is 0.365 e. The summed E-state index contributed by atoms with van der Waals surface area (Å²) in [5.41, 5.74) is 2.78. The molecule has 1 saturated heterocycles. The molecule has 0 radical (unpaired) electrons. The summed E-state index contributed by atoms with van der Waals surface area (Å²) in [7, 11) is 0. The van der Waals surface area contributed by atoms with Crippen molar-refractivity contribution in [3.8, 4) is 0 Å². The van der Waals surface area contributed by atoms with E-state index in [0.29, 0.717) is 35.3 Å². The Kier molecular flexibility index (Phi) is 5.01. The quantitative estimate of drug-likeness (QED) is 0.610. The molecule has 146 valence electrons. The number of hydrogen-bond donors (Lipinski definition) is 3. The molecule has 2 aromatic heterocycles. The average Bonchev–Trinajstić information content (AvgIpc) is 3.30. The first-order valence-corrected chi connectivity index (χ1v) is 9.22. The number of halogens is 1. The Labute approximate surface area is 165 Å². The number of amides is 2. The van der Waals surface area contributed by atoms with Crippen LogP contribution in [0.3, 0.4) is 0 Å². The second-order valence-corrected chi connectivity index (χ2v) is 7.02. The SMILES string of the molecule is Cc1[nH]ncc1C(=O)N1CCOC(C(=O)NCc2nc3ccc(Cl)cc3[nH]2)C1. The lowest BCUT2D eigenvalue weighted by Gasteiger charge is -2.32. The minimum atomic E-state index is -0.733. The van der Waals surface area contributed by atoms with Crippen molar-refractivity contribution in [2.24, 2.45) is 0 Å². The molecule has 3 N–H and O–H groups in total. The minimum Gasteiger partial charge on any atom is -0.365 e. The first-order valence-electron chi connectivity index (χ1n) is 8.84. The predicted molar refractivity (Wildman–Crippen MR) is 102 cm³/mol. The number of fused-ring (bicyclic) bond motifs is 1. The van der Waals surface area contributed by atoms with Gasteiger partial charge in [0.2, 0.25) is 0 Å². The smallest absolute Gasteiger partial charge is 0.257 e. The van der Waals surface area contributed by atoms with Crippen LogP contribution in [0, 0.1) is 6.92 Å². The Morgan fingerprint density at radius 1 is 1.43 bits per heavy atom. The monoisotopic (exact) mass is 402 g/mol. The number of morpholine rings is 1. The molecule has 1 unspecified atom stereocenters. The van der Waals surface area contributed by atoms with E-state index < -0.39 is 6.10 Å². The zero-order valence-corrected chi connectivity index (χ0v) is 15.9. The number of aryl methyl sites for hydroxylation is 1. The van der Waals surface area contributed by atoms with E-state index in [2.05, 4.69) is 25.5 Å². The molecule has 0 spiro atoms. The topological polar surface area (TPSA) is 116 Å². The first-order chi connectivity index (χ1) is 13.5. The third kappa shape index (κ3) is 3.71. The number of benzene rings is 1. The predicted octanol–water partition coefficient (Wildman–Crippen LogP) is 1.41. The number of nitrogens with one attached hydrogen (secondary N) is 3. The number of aromatic amines is 2. The van der Waals surface area contributed by atoms with Crippen molar-refractivity contribution in [2.45, 2.75) is 19.6 Å². The molecule has 1 aliphatic heterocycles. The van der Waals surface area contributed by atoms with Gasteiger partial charge in [-0.25, -0.2) is 4.98 Å². The molecule has 2 amide bonds. The van der Waals surface area contributed by atoms with Crippen LogP contribution in [0.1, 0.15) is 21.9 Å². The maximum absolute atomic E-state index is 12.6. The maximum Gasteiger partial charge on any atom is 0.257 e. The fourth-order valence-electron chi connectivity index (χ4n) is 3.13. The number of nitrogens with zero attached hydrogens (tertiary/aromatic N) is 3. The van der Waals surface area contributed by atoms with Crippen LogP contribution in [0.4, 0.5) is 0 Å². The number of H-pyrrole nitrogens is 2. The van der Waals surface area contributed by atoms with Gasteiger partial charge in [0.05, 0.1) is 42.5 Å². The van der Waals surface area contributed by atoms with Crippen molar-refractivity contribution in [3.05, 3.63) is 46.5 Å². The summed E-state index contributed by atoms with van der Waals surface area (Å²) >= 11 is 5.97. The molecule has 3 aromatic rings. The summed E-state index contributed by atoms with van der Waals surface area (Å²) in [4.78, 5) is 34.3. The van der Waals surface area contributed by atoms with Gasteiger partial charge in [-0.3, -0.25) is 14.7 Å². The highest BCUT2D eigenvalue weighted by Crippen LogP contribution is 2.17. The molecule has 0 aliphatic carbocycles. The summed E-state index contributed by atoms with van der Waals surface area (Å²) in [6.07, 6.45) is 0.763. The van der Waals surface area contributed by atoms with Gasteiger partial charge in [-0.15, -0.1) is 0 Å². The van der Waals surface area contributed by atoms with Crippen LogP contribution < -0.4 is 5.32 Å². The van der Waals surface area contributed by atoms with Crippen LogP contribution in [0.15, 0.2) is 24.4 Å². The average molecular weight is 403 g/mol. The highest BCUT2D eigenvalue weighted by atomic mass is 35.5. The molecule has 9 nitrogen and oxygen atoms in total. The van der Waals surface area contributed by atoms with Gasteiger partial charge in [-0.1, -0.05) is 11.6 Å². The first kappa shape index (κ1) is 18.5. The lowest BCUT2D eigenvalue weighted by molar-refractivity contribution is -0.137. The summed E-state index contributed by atoms with van der Waals surface area (Å²) in [6, 6.07) is 5.35. The standard InChI is InChI=1S/C18H19ClN6O3/c1-10-12(7-21-24-10)18(27)25-4-5-28-15(9-25)17(26)20-8-16-22-13-3-2-11(19)6-14(13)23-16/h2-3,6-7,15H,4-5,8-9H2,1H3,(H,20,26)(H,21,24)(H,22,23). The van der Waals surface area contributed by atoms with Gasteiger partial charge in [-0.2, -0.15) is 5.10 Å². The number of carbonyl (C=O) groups is 2. The van der Waals surface area contributed by atoms with Gasteiger partial charge in [0.15, 0.2) is 6.10 Å². The van der Waals surface area contributed by atoms with Gasteiger partial charge in [0.1, 0.15) is 5.82 Å². The Balaban J connectivity index is 1.37. The second kappa shape index (κ2) is 7.61. The molecule has 28 heavy (non-hydrogen) atoms. The highest BCUT2D eigenvalue weighted by molar-refractivity contribution is 6.31. The number of ether oxygens (including phenoxy) is 1. The Hall–Kier alpha value is -2.91. The lowest BCUT2D eigenvalue weighted by Crippen LogP contribution is -2.51. The van der Waals surface area contributed by atoms with Crippen LogP contribution in [-0.4, -0.2) is 62.7 Å². The van der Waals surface area contributed by atoms with Crippen LogP contribution in [0.25, 0.3) is 11.0 Å². The van der Waals surface area contributed by atoms with Gasteiger partial charge < -0.3 is 19.9 Å². The fourth-order valence-corrected chi connectivity index (χ4v) is 3.30. The Morgan fingerprint density at radius 3 is 3.07 bits per heavy atom. The molecule has 1 aromatic carbocycles. The van der Waals surface area contributed by atoms with Crippen molar-refractivity contribution in [3.63, 3.8) is 0 Å². The van der Waals surface area contributed by atoms with Gasteiger partial charge in [-0.05, 0) is 25.1 Å². The zero-order chi connectivity index (χ0) is 19.7. The molecule has 4 rings (SSSR count). The van der Waals surface area contributed by atoms with Crippen molar-refractivity contribution in [1.29, 1.82) is 0 Å². The lowest BCUT2D eigenvalue weighted by atomic mass is 10.2. The Bertz CT molecular complexity index is 1030. The zero-order valence-electron chi connectivity index (χ0n) is 15.2. The number of rotatable bonds is 4. The van der Waals surface area contributed by atoms with E-state index in [4.69, 9.17) is 16.3 Å². The van der Waals surface area contributed by atoms with Crippen LogP contribution in [0.2, 0.25) is 5.02 Å². The molecular weight excluding hydrogens is 384 g/mol. The van der Waals surface area contributed by atoms with E-state index in [1.165, 1.54) is 6.20 Å². The number of carbonyl (C=O) groups excluding carboxylic acids is 2. The van der Waals surface area contributed by atoms with E-state index in [1.54, 1.807) is 24.0 Å². The van der Waals surface area contributed by atoms with Crippen molar-refractivity contribution >= 4 is 34.4 Å². The summed E-state index contributed by atoms with van der Waals surface area (Å²) in [5.74, 6) is 0.157. The molecule has 0 saturated carbocycles. The highest BCUT2D eigenvalue weighted by Gasteiger charge is 2.30. The van der Waals surface area contributed by atoms with E-state index >= 15 is 0 Å². The van der Waals surface area contributed by atoms with Crippen molar-refractivity contribution in [2.75, 3.05) is 19.7 Å². The van der Waals surface area contributed by atoms with E-state index in [9.17, 15) is 9.59 Å². The molecular formula is C18H19ClN6O3. The molecule has 10 heteroatoms. The van der Waals surface area contributed by atoms with Gasteiger partial charge in [0, 0.05) is 17.3 Å². The van der Waals surface area contributed by atoms with Crippen LogP contribution >= 0.6 is 11.6 Å². The van der Waals surface area contributed by atoms with Crippen LogP contribution in [-0.2, 0) is 16.1 Å². The maximum atomic E-state index is 12.6. The molecule has 1 atom stereocenters. The Morgan fingerprint density at radius 2 is 2.29 bits per heavy atom. The molecule has 0 bridgehead atoms. The third-order valence-electron chi connectivity index (χ3n) is 4.63. The minimum absolute atomic E-state index is 0.165. The number of aromatic nitrogens is 4. The second-order valence-electron chi connectivity index (χ2n) is 6.58. The molecule has 1 aliphatic rings. The van der Waals surface area contributed by atoms with Gasteiger partial charge in [0.25, 0.3) is 11.8 Å². The van der Waals surface area contributed by atoms with Crippen molar-refractivity contribution < 1.29 is 14.3 Å². The summed E-state index contributed by atoms with van der Waals surface area (Å²) < 4.78 is 5.55. The van der Waals surface area contributed by atoms with E-state index in [-0.39, 0.29) is 24.9 Å². The van der Waals surface area contributed by atoms with Gasteiger partial charge >= 0.3 is 0 Å².